The standard InChI is InChI=1S/C35H59N3O9/c1-14-24-35(10)28-20(4)25(36-33(7,8)17-38(28)32(42)47-35)18(2)16-34(9,43-13)29(21(5)26(39)22(6)30(41)45-24)46-31-27(40)23(37(11)12)15-19(3)44-31/h18-24,27-29,31,40H,14-17H2,1-13H3/t18-,19-,20+,21+,22-,23+,24-,27-,28-,29-,31+,34-,35-/m1/s1. The van der Waals surface area contributed by atoms with E-state index in [4.69, 9.17) is 28.7 Å². The highest BCUT2D eigenvalue weighted by atomic mass is 16.7. The number of aliphatic hydroxyl groups excluding tert-OH is 1. The average Bonchev–Trinajstić information content (AvgIpc) is 3.17. The maximum absolute atomic E-state index is 14.2. The summed E-state index contributed by atoms with van der Waals surface area (Å²) in [5.74, 6) is -3.52. The first-order chi connectivity index (χ1) is 21.7. The maximum atomic E-state index is 14.2. The quantitative estimate of drug-likeness (QED) is 0.341. The topological polar surface area (TPSA) is 136 Å². The number of rotatable bonds is 5. The molecule has 4 aliphatic rings. The summed E-state index contributed by atoms with van der Waals surface area (Å²) in [6.07, 6.45) is -3.01. The van der Waals surface area contributed by atoms with Gasteiger partial charge in [-0.3, -0.25) is 19.5 Å². The molecule has 4 aliphatic heterocycles. The molecule has 13 atom stereocenters. The van der Waals surface area contributed by atoms with Gasteiger partial charge in [0.05, 0.1) is 29.4 Å². The van der Waals surface area contributed by atoms with E-state index in [1.807, 2.05) is 60.5 Å². The zero-order chi connectivity index (χ0) is 35.4. The van der Waals surface area contributed by atoms with Crippen LogP contribution in [0.2, 0.25) is 0 Å². The minimum absolute atomic E-state index is 0.184. The van der Waals surface area contributed by atoms with Crippen molar-refractivity contribution in [1.29, 1.82) is 0 Å². The summed E-state index contributed by atoms with van der Waals surface area (Å²) in [7, 11) is 5.39. The number of Topliss-reactive ketones (excluding diaryl/α,β-unsaturated/α-hetero) is 1. The van der Waals surface area contributed by atoms with Crippen LogP contribution < -0.4 is 0 Å². The molecule has 1 N–H and O–H groups in total. The zero-order valence-corrected chi connectivity index (χ0v) is 30.7. The van der Waals surface area contributed by atoms with Crippen LogP contribution in [0.4, 0.5) is 4.79 Å². The summed E-state index contributed by atoms with van der Waals surface area (Å²) in [4.78, 5) is 50.4. The number of nitrogens with zero attached hydrogens (tertiary/aromatic N) is 3. The SMILES string of the molecule is CC[C@H]1OC(=O)[C@H](C)C(=O)[C@H](C)[C@@H](O[C@@H]2O[C@H](C)C[C@H](N(C)C)[C@H]2O)[C@](C)(OC)C[C@@H](C)C2=NC(C)(C)CN3C(=O)O[C@@]1(C)[C@H]3[C@H]2C. The first kappa shape index (κ1) is 37.7. The Labute approximate surface area is 280 Å². The molecule has 3 fully saturated rings. The molecule has 47 heavy (non-hydrogen) atoms. The molecule has 0 saturated carbocycles. The van der Waals surface area contributed by atoms with E-state index in [-0.39, 0.29) is 29.8 Å². The molecule has 4 heterocycles. The van der Waals surface area contributed by atoms with E-state index in [1.54, 1.807) is 18.9 Å². The van der Waals surface area contributed by atoms with Crippen LogP contribution in [-0.4, -0.2) is 126 Å². The van der Waals surface area contributed by atoms with Crippen LogP contribution in [0.15, 0.2) is 4.99 Å². The summed E-state index contributed by atoms with van der Waals surface area (Å²) >= 11 is 0. The number of carbonyl (C=O) groups excluding carboxylic acids is 3. The van der Waals surface area contributed by atoms with Crippen LogP contribution in [0.1, 0.15) is 88.5 Å². The predicted octanol–water partition coefficient (Wildman–Crippen LogP) is 3.85. The highest BCUT2D eigenvalue weighted by molar-refractivity contribution is 6.00. The number of ether oxygens (including phenoxy) is 5. The Kier molecular flexibility index (Phi) is 10.9. The molecule has 1 amide bonds. The second-order valence-electron chi connectivity index (χ2n) is 15.8. The molecule has 0 aliphatic carbocycles. The van der Waals surface area contributed by atoms with E-state index >= 15 is 0 Å². The van der Waals surface area contributed by atoms with Crippen LogP contribution in [0.5, 0.6) is 0 Å². The van der Waals surface area contributed by atoms with Crippen molar-refractivity contribution < 1.29 is 43.2 Å². The Bertz CT molecular complexity index is 1220. The lowest BCUT2D eigenvalue weighted by atomic mass is 9.73. The van der Waals surface area contributed by atoms with Crippen molar-refractivity contribution in [3.05, 3.63) is 0 Å². The van der Waals surface area contributed by atoms with Gasteiger partial charge in [0.25, 0.3) is 0 Å². The van der Waals surface area contributed by atoms with Crippen molar-refractivity contribution in [3.8, 4) is 0 Å². The van der Waals surface area contributed by atoms with Crippen LogP contribution in [0.25, 0.3) is 0 Å². The van der Waals surface area contributed by atoms with E-state index in [9.17, 15) is 19.5 Å². The first-order valence-corrected chi connectivity index (χ1v) is 17.2. The van der Waals surface area contributed by atoms with Gasteiger partial charge in [-0.25, -0.2) is 4.79 Å². The fourth-order valence-corrected chi connectivity index (χ4v) is 8.67. The smallest absolute Gasteiger partial charge is 0.411 e. The van der Waals surface area contributed by atoms with Crippen molar-refractivity contribution in [1.82, 2.24) is 9.80 Å². The number of cyclic esters (lactones) is 1. The zero-order valence-electron chi connectivity index (χ0n) is 30.7. The number of hydrogen-bond donors (Lipinski definition) is 1. The minimum Gasteiger partial charge on any atom is -0.458 e. The molecule has 0 radical (unpaired) electrons. The lowest BCUT2D eigenvalue weighted by Gasteiger charge is -2.47. The summed E-state index contributed by atoms with van der Waals surface area (Å²) < 4.78 is 31.3. The Balaban J connectivity index is 1.86. The lowest BCUT2D eigenvalue weighted by Crippen LogP contribution is -2.60. The number of methoxy groups -OCH3 is 1. The lowest BCUT2D eigenvalue weighted by molar-refractivity contribution is -0.295. The predicted molar refractivity (Wildman–Crippen MR) is 176 cm³/mol. The second kappa shape index (κ2) is 13.7. The van der Waals surface area contributed by atoms with Gasteiger partial charge in [0.1, 0.15) is 18.1 Å². The van der Waals surface area contributed by atoms with Crippen molar-refractivity contribution >= 4 is 23.6 Å². The number of esters is 1. The third kappa shape index (κ3) is 7.00. The fourth-order valence-electron chi connectivity index (χ4n) is 8.67. The molecule has 2 bridgehead atoms. The molecular weight excluding hydrogens is 606 g/mol. The molecule has 0 unspecified atom stereocenters. The van der Waals surface area contributed by atoms with Gasteiger partial charge in [0.2, 0.25) is 0 Å². The Morgan fingerprint density at radius 2 is 1.68 bits per heavy atom. The van der Waals surface area contributed by atoms with Gasteiger partial charge in [0.15, 0.2) is 17.7 Å². The number of hydrogen-bond acceptors (Lipinski definition) is 11. The Hall–Kier alpha value is -2.12. The molecule has 268 valence electrons. The Morgan fingerprint density at radius 1 is 1.04 bits per heavy atom. The number of aliphatic hydroxyl groups is 1. The maximum Gasteiger partial charge on any atom is 0.411 e. The van der Waals surface area contributed by atoms with Crippen molar-refractivity contribution in [2.24, 2.45) is 28.7 Å². The number of aliphatic imine (C=N–C) groups is 1. The Morgan fingerprint density at radius 3 is 2.26 bits per heavy atom. The highest BCUT2D eigenvalue weighted by Gasteiger charge is 2.61. The molecule has 12 nitrogen and oxygen atoms in total. The minimum atomic E-state index is -1.18. The summed E-state index contributed by atoms with van der Waals surface area (Å²) in [5.41, 5.74) is -2.01. The van der Waals surface area contributed by atoms with Gasteiger partial charge >= 0.3 is 12.1 Å². The monoisotopic (exact) mass is 665 g/mol. The molecule has 12 heteroatoms. The molecular formula is C35H59N3O9. The van der Waals surface area contributed by atoms with Crippen molar-refractivity contribution in [3.63, 3.8) is 0 Å². The number of fused-ring (bicyclic) bond motifs is 1. The van der Waals surface area contributed by atoms with Crippen molar-refractivity contribution in [2.75, 3.05) is 27.7 Å². The fraction of sp³-hybridized carbons (Fsp3) is 0.886. The number of likely N-dealkylation sites (N-methyl/N-ethyl adjacent to an activating group) is 1. The largest absolute Gasteiger partial charge is 0.458 e. The highest BCUT2D eigenvalue weighted by Crippen LogP contribution is 2.45. The van der Waals surface area contributed by atoms with Crippen LogP contribution in [0.3, 0.4) is 0 Å². The normalized spacial score (nSPS) is 44.7. The van der Waals surface area contributed by atoms with Gasteiger partial charge in [-0.05, 0) is 80.8 Å². The molecule has 0 spiro atoms. The first-order valence-electron chi connectivity index (χ1n) is 17.2. The van der Waals surface area contributed by atoms with E-state index in [0.717, 1.165) is 5.71 Å². The molecule has 3 saturated heterocycles. The molecule has 4 rings (SSSR count). The summed E-state index contributed by atoms with van der Waals surface area (Å²) in [6, 6.07) is -0.697. The third-order valence-electron chi connectivity index (χ3n) is 11.2. The van der Waals surface area contributed by atoms with E-state index in [2.05, 4.69) is 13.8 Å². The number of ketones is 1. The van der Waals surface area contributed by atoms with E-state index in [1.165, 1.54) is 6.92 Å². The van der Waals surface area contributed by atoms with Gasteiger partial charge < -0.3 is 33.7 Å². The van der Waals surface area contributed by atoms with Gasteiger partial charge in [-0.15, -0.1) is 0 Å². The molecule has 0 aromatic rings. The second-order valence-corrected chi connectivity index (χ2v) is 15.8. The van der Waals surface area contributed by atoms with E-state index in [0.29, 0.717) is 25.8 Å². The summed E-state index contributed by atoms with van der Waals surface area (Å²) in [5, 5.41) is 11.4. The van der Waals surface area contributed by atoms with Crippen molar-refractivity contribution in [2.45, 2.75) is 148 Å². The average molecular weight is 666 g/mol. The van der Waals surface area contributed by atoms with Crippen LogP contribution in [-0.2, 0) is 33.3 Å². The van der Waals surface area contributed by atoms with Crippen LogP contribution in [0, 0.1) is 23.7 Å². The summed E-state index contributed by atoms with van der Waals surface area (Å²) in [6.45, 7) is 19.3. The molecule has 0 aromatic heterocycles. The third-order valence-corrected chi connectivity index (χ3v) is 11.2. The molecule has 0 aromatic carbocycles. The van der Waals surface area contributed by atoms with E-state index < -0.39 is 71.3 Å². The number of carbonyl (C=O) groups is 3. The van der Waals surface area contributed by atoms with Gasteiger partial charge in [-0.1, -0.05) is 27.7 Å². The van der Waals surface area contributed by atoms with Crippen LogP contribution >= 0.6 is 0 Å². The van der Waals surface area contributed by atoms with Gasteiger partial charge in [-0.2, -0.15) is 0 Å². The van der Waals surface area contributed by atoms with Gasteiger partial charge in [0, 0.05) is 37.2 Å². The number of amides is 1.